The average molecular weight is 317 g/mol. The minimum atomic E-state index is -0.823. The van der Waals surface area contributed by atoms with Gasteiger partial charge in [0.25, 0.3) is 0 Å². The molecule has 3 rings (SSSR count). The van der Waals surface area contributed by atoms with Crippen LogP contribution in [0.1, 0.15) is 11.3 Å². The molecule has 0 amide bonds. The van der Waals surface area contributed by atoms with Crippen LogP contribution in [-0.4, -0.2) is 15.7 Å². The fourth-order valence-electron chi connectivity index (χ4n) is 2.41. The highest BCUT2D eigenvalue weighted by Crippen LogP contribution is 2.36. The maximum atomic E-state index is 10.0. The van der Waals surface area contributed by atoms with Crippen LogP contribution in [0.4, 0.5) is 0 Å². The standard InChI is InChI=1S/C19H15N3S/c20-14-19(16-7-3-1-4-8-16,18-13-21-11-12-22-18)15-23-17-9-5-2-6-10-17/h1-13H,15H2. The molecule has 0 saturated heterocycles. The van der Waals surface area contributed by atoms with E-state index >= 15 is 0 Å². The average Bonchev–Trinajstić information content (AvgIpc) is 2.65. The monoisotopic (exact) mass is 317 g/mol. The van der Waals surface area contributed by atoms with Gasteiger partial charge in [0, 0.05) is 23.0 Å². The van der Waals surface area contributed by atoms with Gasteiger partial charge in [-0.1, -0.05) is 48.5 Å². The number of hydrogen-bond donors (Lipinski definition) is 0. The number of aromatic nitrogens is 2. The van der Waals surface area contributed by atoms with Crippen molar-refractivity contribution in [2.45, 2.75) is 10.3 Å². The summed E-state index contributed by atoms with van der Waals surface area (Å²) in [6.07, 6.45) is 4.94. The number of rotatable bonds is 5. The van der Waals surface area contributed by atoms with Crippen LogP contribution < -0.4 is 0 Å². The molecule has 2 aromatic carbocycles. The van der Waals surface area contributed by atoms with Gasteiger partial charge in [0.15, 0.2) is 0 Å². The highest BCUT2D eigenvalue weighted by atomic mass is 32.2. The quantitative estimate of drug-likeness (QED) is 0.665. The normalized spacial score (nSPS) is 13.0. The highest BCUT2D eigenvalue weighted by molar-refractivity contribution is 7.99. The summed E-state index contributed by atoms with van der Waals surface area (Å²) >= 11 is 1.65. The third-order valence-corrected chi connectivity index (χ3v) is 4.84. The van der Waals surface area contributed by atoms with Gasteiger partial charge in [-0.15, -0.1) is 11.8 Å². The first kappa shape index (κ1) is 15.3. The van der Waals surface area contributed by atoms with Crippen LogP contribution in [0.3, 0.4) is 0 Å². The summed E-state index contributed by atoms with van der Waals surface area (Å²) in [5.74, 6) is 0.580. The van der Waals surface area contributed by atoms with Crippen LogP contribution in [0.2, 0.25) is 0 Å². The van der Waals surface area contributed by atoms with Crippen molar-refractivity contribution >= 4 is 11.8 Å². The van der Waals surface area contributed by atoms with E-state index in [2.05, 4.69) is 28.2 Å². The minimum absolute atomic E-state index is 0.580. The Morgan fingerprint density at radius 1 is 0.957 bits per heavy atom. The van der Waals surface area contributed by atoms with Crippen molar-refractivity contribution in [1.29, 1.82) is 5.26 Å². The Morgan fingerprint density at radius 2 is 1.65 bits per heavy atom. The molecule has 0 bridgehead atoms. The lowest BCUT2D eigenvalue weighted by Crippen LogP contribution is -2.30. The van der Waals surface area contributed by atoms with Gasteiger partial charge < -0.3 is 0 Å². The zero-order chi connectivity index (χ0) is 16.0. The number of nitriles is 1. The Bertz CT molecular complexity index is 744. The maximum Gasteiger partial charge on any atom is 0.135 e. The molecule has 3 nitrogen and oxygen atoms in total. The molecule has 112 valence electrons. The topological polar surface area (TPSA) is 49.6 Å². The van der Waals surface area contributed by atoms with Gasteiger partial charge in [-0.05, 0) is 17.7 Å². The summed E-state index contributed by atoms with van der Waals surface area (Å²) in [6.45, 7) is 0. The van der Waals surface area contributed by atoms with Crippen molar-refractivity contribution < 1.29 is 0 Å². The van der Waals surface area contributed by atoms with E-state index in [1.54, 1.807) is 30.4 Å². The number of nitrogens with zero attached hydrogens (tertiary/aromatic N) is 3. The highest BCUT2D eigenvalue weighted by Gasteiger charge is 2.36. The maximum absolute atomic E-state index is 10.0. The molecule has 0 fully saturated rings. The molecule has 1 atom stereocenters. The molecule has 0 aliphatic heterocycles. The molecule has 0 aliphatic rings. The van der Waals surface area contributed by atoms with E-state index in [9.17, 15) is 5.26 Å². The second-order valence-corrected chi connectivity index (χ2v) is 6.12. The lowest BCUT2D eigenvalue weighted by atomic mass is 9.81. The SMILES string of the molecule is N#CC(CSc1ccccc1)(c1ccccc1)c1cnccn1. The Hall–Kier alpha value is -2.64. The summed E-state index contributed by atoms with van der Waals surface area (Å²) in [6, 6.07) is 22.4. The van der Waals surface area contributed by atoms with Gasteiger partial charge >= 0.3 is 0 Å². The molecule has 0 saturated carbocycles. The fraction of sp³-hybridized carbons (Fsp3) is 0.105. The molecule has 1 aromatic heterocycles. The molecule has 23 heavy (non-hydrogen) atoms. The summed E-state index contributed by atoms with van der Waals surface area (Å²) in [7, 11) is 0. The van der Waals surface area contributed by atoms with Crippen LogP contribution in [0, 0.1) is 11.3 Å². The van der Waals surface area contributed by atoms with Gasteiger partial charge in [0.1, 0.15) is 5.41 Å². The second-order valence-electron chi connectivity index (χ2n) is 5.08. The Labute approximate surface area is 140 Å². The second kappa shape index (κ2) is 7.08. The predicted octanol–water partition coefficient (Wildman–Crippen LogP) is 4.08. The van der Waals surface area contributed by atoms with Crippen LogP contribution in [0.5, 0.6) is 0 Å². The van der Waals surface area contributed by atoms with E-state index < -0.39 is 5.41 Å². The lowest BCUT2D eigenvalue weighted by molar-refractivity contribution is 0.714. The van der Waals surface area contributed by atoms with Crippen LogP contribution in [-0.2, 0) is 5.41 Å². The first-order valence-electron chi connectivity index (χ1n) is 7.26. The van der Waals surface area contributed by atoms with Crippen molar-refractivity contribution in [1.82, 2.24) is 9.97 Å². The molecule has 0 spiro atoms. The molecular weight excluding hydrogens is 302 g/mol. The lowest BCUT2D eigenvalue weighted by Gasteiger charge is -2.26. The minimum Gasteiger partial charge on any atom is -0.261 e. The van der Waals surface area contributed by atoms with Crippen LogP contribution in [0.25, 0.3) is 0 Å². The summed E-state index contributed by atoms with van der Waals surface area (Å²) < 4.78 is 0. The number of hydrogen-bond acceptors (Lipinski definition) is 4. The summed E-state index contributed by atoms with van der Waals surface area (Å²) in [5, 5.41) is 10.0. The summed E-state index contributed by atoms with van der Waals surface area (Å²) in [5.41, 5.74) is 0.791. The van der Waals surface area contributed by atoms with Crippen molar-refractivity contribution in [2.75, 3.05) is 5.75 Å². The first-order valence-corrected chi connectivity index (χ1v) is 8.25. The third-order valence-electron chi connectivity index (χ3n) is 3.66. The Balaban J connectivity index is 2.01. The molecule has 0 radical (unpaired) electrons. The van der Waals surface area contributed by atoms with Crippen molar-refractivity contribution in [2.24, 2.45) is 0 Å². The zero-order valence-electron chi connectivity index (χ0n) is 12.5. The molecule has 1 unspecified atom stereocenters. The molecule has 0 N–H and O–H groups in total. The number of benzene rings is 2. The van der Waals surface area contributed by atoms with E-state index in [0.29, 0.717) is 11.4 Å². The van der Waals surface area contributed by atoms with Crippen LogP contribution in [0.15, 0.2) is 84.1 Å². The summed E-state index contributed by atoms with van der Waals surface area (Å²) in [4.78, 5) is 9.70. The van der Waals surface area contributed by atoms with E-state index in [1.807, 2.05) is 48.5 Å². The Kier molecular flexibility index (Phi) is 4.70. The smallest absolute Gasteiger partial charge is 0.135 e. The van der Waals surface area contributed by atoms with Gasteiger partial charge in [0.05, 0.1) is 18.0 Å². The third kappa shape index (κ3) is 3.25. The fourth-order valence-corrected chi connectivity index (χ4v) is 3.52. The Morgan fingerprint density at radius 3 is 2.26 bits per heavy atom. The molecule has 4 heteroatoms. The van der Waals surface area contributed by atoms with Gasteiger partial charge in [0.2, 0.25) is 0 Å². The number of thioether (sulfide) groups is 1. The van der Waals surface area contributed by atoms with Gasteiger partial charge in [-0.2, -0.15) is 5.26 Å². The van der Waals surface area contributed by atoms with Gasteiger partial charge in [-0.3, -0.25) is 9.97 Å². The zero-order valence-corrected chi connectivity index (χ0v) is 13.3. The predicted molar refractivity (Wildman–Crippen MR) is 92.0 cm³/mol. The van der Waals surface area contributed by atoms with E-state index in [4.69, 9.17) is 0 Å². The van der Waals surface area contributed by atoms with Crippen LogP contribution >= 0.6 is 11.8 Å². The molecule has 0 aliphatic carbocycles. The van der Waals surface area contributed by atoms with E-state index in [-0.39, 0.29) is 0 Å². The van der Waals surface area contributed by atoms with Crippen molar-refractivity contribution in [3.63, 3.8) is 0 Å². The molecule has 3 aromatic rings. The van der Waals surface area contributed by atoms with E-state index in [0.717, 1.165) is 10.5 Å². The molecule has 1 heterocycles. The largest absolute Gasteiger partial charge is 0.261 e. The molecular formula is C19H15N3S. The van der Waals surface area contributed by atoms with E-state index in [1.165, 1.54) is 0 Å². The first-order chi connectivity index (χ1) is 11.3. The van der Waals surface area contributed by atoms with Gasteiger partial charge in [-0.25, -0.2) is 0 Å². The van der Waals surface area contributed by atoms with Crippen molar-refractivity contribution in [3.05, 3.63) is 90.5 Å². The van der Waals surface area contributed by atoms with Crippen molar-refractivity contribution in [3.8, 4) is 6.07 Å².